The van der Waals surface area contributed by atoms with Crippen LogP contribution in [0.4, 0.5) is 28.0 Å². The Balaban J connectivity index is 1.88. The lowest BCUT2D eigenvalue weighted by Gasteiger charge is -2.19. The first kappa shape index (κ1) is 20.7. The molecule has 0 radical (unpaired) electrons. The number of imide groups is 1. The number of halogens is 4. The molecule has 3 amide bonds. The van der Waals surface area contributed by atoms with E-state index in [2.05, 4.69) is 4.98 Å². The van der Waals surface area contributed by atoms with Gasteiger partial charge in [-0.1, -0.05) is 0 Å². The molecule has 29 heavy (non-hydrogen) atoms. The summed E-state index contributed by atoms with van der Waals surface area (Å²) in [6.07, 6.45) is 1.20. The van der Waals surface area contributed by atoms with Crippen molar-refractivity contribution >= 4 is 27.5 Å². The summed E-state index contributed by atoms with van der Waals surface area (Å²) in [5.74, 6) is -1.41. The highest BCUT2D eigenvalue weighted by atomic mass is 32.2. The molecule has 0 saturated carbocycles. The number of pyridine rings is 1. The maximum absolute atomic E-state index is 13.3. The minimum atomic E-state index is -5.55. The molecule has 2 aromatic rings. The number of aromatic nitrogens is 1. The molecule has 3 rings (SSSR count). The Morgan fingerprint density at radius 1 is 1.10 bits per heavy atom. The van der Waals surface area contributed by atoms with Crippen LogP contribution in [0.5, 0.6) is 0 Å². The first-order valence-corrected chi connectivity index (χ1v) is 9.58. The number of benzene rings is 1. The first-order chi connectivity index (χ1) is 13.4. The van der Waals surface area contributed by atoms with Crippen LogP contribution in [0.15, 0.2) is 47.5 Å². The summed E-state index contributed by atoms with van der Waals surface area (Å²) in [5, 5.41) is 0. The van der Waals surface area contributed by atoms with E-state index in [4.69, 9.17) is 0 Å². The topological polar surface area (TPSA) is 87.7 Å². The highest BCUT2D eigenvalue weighted by Crippen LogP contribution is 2.32. The van der Waals surface area contributed by atoms with Crippen LogP contribution in [0.2, 0.25) is 0 Å². The van der Waals surface area contributed by atoms with Gasteiger partial charge in [-0.15, -0.1) is 0 Å². The minimum absolute atomic E-state index is 0.0867. The van der Waals surface area contributed by atoms with Crippen LogP contribution < -0.4 is 4.90 Å². The van der Waals surface area contributed by atoms with Crippen LogP contribution in [0.25, 0.3) is 0 Å². The van der Waals surface area contributed by atoms with Crippen molar-refractivity contribution in [2.45, 2.75) is 29.9 Å². The van der Waals surface area contributed by atoms with E-state index in [1.54, 1.807) is 0 Å². The van der Waals surface area contributed by atoms with Crippen molar-refractivity contribution in [3.8, 4) is 0 Å². The normalized spacial score (nSPS) is 17.9. The molecule has 1 fully saturated rings. The van der Waals surface area contributed by atoms with Crippen molar-refractivity contribution in [1.29, 1.82) is 0 Å². The Bertz CT molecular complexity index is 1070. The highest BCUT2D eigenvalue weighted by molar-refractivity contribution is 7.92. The third-order valence-corrected chi connectivity index (χ3v) is 5.84. The predicted octanol–water partition coefficient (Wildman–Crippen LogP) is 2.87. The SMILES string of the molecule is CC1C(=O)N(c2ccc(S(=O)(=O)C(F)(F)F)cc2)C(=O)N1Cc1ccnc(F)c1. The fourth-order valence-electron chi connectivity index (χ4n) is 2.80. The van der Waals surface area contributed by atoms with Crippen LogP contribution in [0.3, 0.4) is 0 Å². The second-order valence-electron chi connectivity index (χ2n) is 6.19. The number of amides is 3. The Labute approximate surface area is 162 Å². The Morgan fingerprint density at radius 2 is 1.72 bits per heavy atom. The third kappa shape index (κ3) is 3.67. The second-order valence-corrected chi connectivity index (χ2v) is 8.13. The summed E-state index contributed by atoms with van der Waals surface area (Å²) in [7, 11) is -5.55. The first-order valence-electron chi connectivity index (χ1n) is 8.10. The van der Waals surface area contributed by atoms with Gasteiger partial charge in [0.25, 0.3) is 15.7 Å². The zero-order valence-corrected chi connectivity index (χ0v) is 15.5. The molecule has 0 bridgehead atoms. The highest BCUT2D eigenvalue weighted by Gasteiger charge is 2.47. The lowest BCUT2D eigenvalue weighted by atomic mass is 10.2. The Kier molecular flexibility index (Phi) is 5.07. The van der Waals surface area contributed by atoms with Crippen molar-refractivity contribution in [3.63, 3.8) is 0 Å². The number of carbonyl (C=O) groups is 2. The van der Waals surface area contributed by atoms with E-state index in [0.29, 0.717) is 17.7 Å². The number of nitrogens with zero attached hydrogens (tertiary/aromatic N) is 3. The third-order valence-electron chi connectivity index (χ3n) is 4.34. The average molecular weight is 431 g/mol. The monoisotopic (exact) mass is 431 g/mol. The van der Waals surface area contributed by atoms with E-state index in [1.807, 2.05) is 0 Å². The van der Waals surface area contributed by atoms with Gasteiger partial charge in [-0.05, 0) is 48.9 Å². The van der Waals surface area contributed by atoms with Crippen LogP contribution in [-0.4, -0.2) is 41.8 Å². The molecule has 1 saturated heterocycles. The van der Waals surface area contributed by atoms with Crippen molar-refractivity contribution in [3.05, 3.63) is 54.1 Å². The summed E-state index contributed by atoms with van der Waals surface area (Å²) in [5.41, 5.74) is -5.17. The van der Waals surface area contributed by atoms with Gasteiger partial charge in [-0.2, -0.15) is 17.6 Å². The van der Waals surface area contributed by atoms with Gasteiger partial charge in [0.05, 0.1) is 10.6 Å². The van der Waals surface area contributed by atoms with Gasteiger partial charge in [-0.25, -0.2) is 23.1 Å². The molecular formula is C17H13F4N3O4S. The quantitative estimate of drug-likeness (QED) is 0.422. The fraction of sp³-hybridized carbons (Fsp3) is 0.235. The van der Waals surface area contributed by atoms with E-state index >= 15 is 0 Å². The molecule has 1 aromatic carbocycles. The van der Waals surface area contributed by atoms with E-state index in [9.17, 15) is 35.6 Å². The largest absolute Gasteiger partial charge is 0.501 e. The fourth-order valence-corrected chi connectivity index (χ4v) is 3.56. The molecule has 1 aliphatic rings. The van der Waals surface area contributed by atoms with Gasteiger partial charge in [0, 0.05) is 12.7 Å². The number of urea groups is 1. The number of sulfone groups is 1. The van der Waals surface area contributed by atoms with Gasteiger partial charge in [0.1, 0.15) is 6.04 Å². The smallest absolute Gasteiger partial charge is 0.308 e. The predicted molar refractivity (Wildman–Crippen MR) is 91.8 cm³/mol. The molecule has 1 aromatic heterocycles. The van der Waals surface area contributed by atoms with Gasteiger partial charge in [0.15, 0.2) is 0 Å². The van der Waals surface area contributed by atoms with Gasteiger partial charge >= 0.3 is 11.5 Å². The number of hydrogen-bond acceptors (Lipinski definition) is 5. The molecule has 7 nitrogen and oxygen atoms in total. The number of hydrogen-bond donors (Lipinski definition) is 0. The zero-order chi connectivity index (χ0) is 21.6. The molecule has 0 aliphatic carbocycles. The van der Waals surface area contributed by atoms with Crippen LogP contribution >= 0.6 is 0 Å². The lowest BCUT2D eigenvalue weighted by Crippen LogP contribution is -2.33. The van der Waals surface area contributed by atoms with Crippen molar-refractivity contribution < 1.29 is 35.6 Å². The van der Waals surface area contributed by atoms with Gasteiger partial charge in [0.2, 0.25) is 5.95 Å². The maximum atomic E-state index is 13.3. The molecule has 1 aliphatic heterocycles. The zero-order valence-electron chi connectivity index (χ0n) is 14.7. The average Bonchev–Trinajstić information content (AvgIpc) is 2.84. The van der Waals surface area contributed by atoms with Gasteiger partial charge in [-0.3, -0.25) is 4.79 Å². The summed E-state index contributed by atoms with van der Waals surface area (Å²) in [6.45, 7) is 1.35. The Hall–Kier alpha value is -3.02. The van der Waals surface area contributed by atoms with Crippen LogP contribution in [-0.2, 0) is 21.2 Å². The van der Waals surface area contributed by atoms with Crippen molar-refractivity contribution in [2.24, 2.45) is 0 Å². The molecule has 154 valence electrons. The standard InChI is InChI=1S/C17H13F4N3O4S/c1-10-15(25)24(16(26)23(10)9-11-6-7-22-14(18)8-11)12-2-4-13(5-3-12)29(27,28)17(19,20)21/h2-8,10H,9H2,1H3. The Morgan fingerprint density at radius 3 is 2.28 bits per heavy atom. The number of rotatable bonds is 4. The molecule has 1 unspecified atom stereocenters. The number of alkyl halides is 3. The molecule has 12 heteroatoms. The number of anilines is 1. The molecule has 0 N–H and O–H groups in total. The van der Waals surface area contributed by atoms with E-state index in [-0.39, 0.29) is 12.2 Å². The van der Waals surface area contributed by atoms with Gasteiger partial charge < -0.3 is 4.90 Å². The van der Waals surface area contributed by atoms with E-state index in [0.717, 1.165) is 28.0 Å². The second kappa shape index (κ2) is 7.10. The van der Waals surface area contributed by atoms with E-state index < -0.39 is 44.2 Å². The van der Waals surface area contributed by atoms with Crippen molar-refractivity contribution in [1.82, 2.24) is 9.88 Å². The minimum Gasteiger partial charge on any atom is -0.308 e. The maximum Gasteiger partial charge on any atom is 0.501 e. The molecular weight excluding hydrogens is 418 g/mol. The number of carbonyl (C=O) groups excluding carboxylic acids is 2. The summed E-state index contributed by atoms with van der Waals surface area (Å²) in [4.78, 5) is 29.5. The van der Waals surface area contributed by atoms with Crippen LogP contribution in [0.1, 0.15) is 12.5 Å². The molecule has 0 spiro atoms. The molecule has 2 heterocycles. The van der Waals surface area contributed by atoms with Crippen molar-refractivity contribution in [2.75, 3.05) is 4.90 Å². The molecule has 1 atom stereocenters. The van der Waals surface area contributed by atoms with Crippen LogP contribution in [0, 0.1) is 5.95 Å². The summed E-state index contributed by atoms with van der Waals surface area (Å²) in [6, 6.07) is 4.10. The lowest BCUT2D eigenvalue weighted by molar-refractivity contribution is -0.119. The summed E-state index contributed by atoms with van der Waals surface area (Å²) >= 11 is 0. The summed E-state index contributed by atoms with van der Waals surface area (Å²) < 4.78 is 74.0. The van der Waals surface area contributed by atoms with E-state index in [1.165, 1.54) is 19.2 Å².